The van der Waals surface area contributed by atoms with Gasteiger partial charge in [0.2, 0.25) is 0 Å². The highest BCUT2D eigenvalue weighted by Gasteiger charge is 2.03. The lowest BCUT2D eigenvalue weighted by Gasteiger charge is -2.07. The largest absolute Gasteiger partial charge is 0.398 e. The van der Waals surface area contributed by atoms with Crippen LogP contribution in [0.15, 0.2) is 24.3 Å². The van der Waals surface area contributed by atoms with Crippen molar-refractivity contribution in [1.82, 2.24) is 4.98 Å². The summed E-state index contributed by atoms with van der Waals surface area (Å²) < 4.78 is 0. The molecule has 0 fully saturated rings. The van der Waals surface area contributed by atoms with E-state index in [-0.39, 0.29) is 0 Å². The average Bonchev–Trinajstić information content (AvgIpc) is 2.30. The number of aryl methyl sites for hydroxylation is 2. The molecule has 84 valence electrons. The minimum Gasteiger partial charge on any atom is -0.398 e. The molecule has 16 heavy (non-hydrogen) atoms. The van der Waals surface area contributed by atoms with E-state index in [4.69, 9.17) is 5.73 Å². The monoisotopic (exact) mass is 214 g/mol. The molecule has 0 radical (unpaired) electrons. The van der Waals surface area contributed by atoms with E-state index in [1.165, 1.54) is 5.56 Å². The van der Waals surface area contributed by atoms with Crippen molar-refractivity contribution in [2.45, 2.75) is 33.1 Å². The lowest BCUT2D eigenvalue weighted by molar-refractivity contribution is 0.923. The number of rotatable bonds is 3. The van der Waals surface area contributed by atoms with Gasteiger partial charge in [0.05, 0.1) is 5.52 Å². The Morgan fingerprint density at radius 1 is 1.19 bits per heavy atom. The summed E-state index contributed by atoms with van der Waals surface area (Å²) in [5.74, 6) is 0. The van der Waals surface area contributed by atoms with Crippen molar-refractivity contribution in [1.29, 1.82) is 0 Å². The van der Waals surface area contributed by atoms with Crippen molar-refractivity contribution < 1.29 is 0 Å². The first kappa shape index (κ1) is 10.9. The molecular weight excluding hydrogens is 196 g/mol. The zero-order valence-corrected chi connectivity index (χ0v) is 9.96. The van der Waals surface area contributed by atoms with Crippen molar-refractivity contribution in [3.8, 4) is 0 Å². The normalized spacial score (nSPS) is 10.9. The van der Waals surface area contributed by atoms with Crippen molar-refractivity contribution in [3.05, 3.63) is 35.5 Å². The molecule has 2 rings (SSSR count). The third-order valence-corrected chi connectivity index (χ3v) is 2.86. The fourth-order valence-electron chi connectivity index (χ4n) is 1.98. The Kier molecular flexibility index (Phi) is 3.09. The number of nitrogen functional groups attached to an aromatic ring is 1. The third-order valence-electron chi connectivity index (χ3n) is 2.86. The molecule has 0 aliphatic heterocycles. The van der Waals surface area contributed by atoms with Gasteiger partial charge in [0.25, 0.3) is 0 Å². The van der Waals surface area contributed by atoms with E-state index in [1.807, 2.05) is 6.07 Å². The maximum absolute atomic E-state index is 6.06. The number of fused-ring (bicyclic) bond motifs is 1. The van der Waals surface area contributed by atoms with Crippen molar-refractivity contribution in [3.63, 3.8) is 0 Å². The van der Waals surface area contributed by atoms with Crippen LogP contribution in [0.3, 0.4) is 0 Å². The number of anilines is 1. The summed E-state index contributed by atoms with van der Waals surface area (Å²) in [6.45, 7) is 4.28. The van der Waals surface area contributed by atoms with Crippen LogP contribution in [0.2, 0.25) is 0 Å². The molecule has 2 aromatic rings. The molecule has 1 heterocycles. The second-order valence-electron chi connectivity index (χ2n) is 4.16. The molecule has 0 bridgehead atoms. The lowest BCUT2D eigenvalue weighted by Crippen LogP contribution is -1.95. The molecule has 0 amide bonds. The number of nitrogens with two attached hydrogens (primary N) is 1. The van der Waals surface area contributed by atoms with Gasteiger partial charge < -0.3 is 5.73 Å². The van der Waals surface area contributed by atoms with Crippen LogP contribution < -0.4 is 5.73 Å². The van der Waals surface area contributed by atoms with Gasteiger partial charge in [0.1, 0.15) is 0 Å². The first-order chi connectivity index (χ1) is 7.74. The Bertz CT molecular complexity index is 503. The molecule has 2 N–H and O–H groups in total. The van der Waals surface area contributed by atoms with Crippen molar-refractivity contribution >= 4 is 16.6 Å². The summed E-state index contributed by atoms with van der Waals surface area (Å²) in [5.41, 5.74) is 10.3. The number of nitrogens with zero attached hydrogens (tertiary/aromatic N) is 1. The number of pyridine rings is 1. The molecule has 1 aromatic heterocycles. The second kappa shape index (κ2) is 4.52. The highest BCUT2D eigenvalue weighted by Crippen LogP contribution is 2.22. The summed E-state index contributed by atoms with van der Waals surface area (Å²) in [4.78, 5) is 4.58. The third kappa shape index (κ3) is 2.01. The summed E-state index contributed by atoms with van der Waals surface area (Å²) in [6, 6.07) is 8.38. The van der Waals surface area contributed by atoms with Crippen LogP contribution in [0.4, 0.5) is 5.69 Å². The van der Waals surface area contributed by atoms with E-state index in [1.54, 1.807) is 0 Å². The van der Waals surface area contributed by atoms with E-state index in [0.29, 0.717) is 0 Å². The maximum Gasteiger partial charge on any atom is 0.0726 e. The van der Waals surface area contributed by atoms with Gasteiger partial charge in [-0.1, -0.05) is 26.3 Å². The van der Waals surface area contributed by atoms with Crippen LogP contribution in [0.1, 0.15) is 31.5 Å². The van der Waals surface area contributed by atoms with Gasteiger partial charge in [-0.3, -0.25) is 4.98 Å². The quantitative estimate of drug-likeness (QED) is 0.851. The Morgan fingerprint density at radius 3 is 2.69 bits per heavy atom. The molecule has 0 saturated heterocycles. The minimum absolute atomic E-state index is 0.847. The molecule has 2 nitrogen and oxygen atoms in total. The Hall–Kier alpha value is -1.57. The summed E-state index contributed by atoms with van der Waals surface area (Å²) >= 11 is 0. The smallest absolute Gasteiger partial charge is 0.0726 e. The van der Waals surface area contributed by atoms with Crippen molar-refractivity contribution in [2.75, 3.05) is 5.73 Å². The van der Waals surface area contributed by atoms with Gasteiger partial charge in [0, 0.05) is 16.8 Å². The van der Waals surface area contributed by atoms with E-state index >= 15 is 0 Å². The molecule has 0 aliphatic carbocycles. The fraction of sp³-hybridized carbons (Fsp3) is 0.357. The number of hydrogen-bond donors (Lipinski definition) is 1. The first-order valence-electron chi connectivity index (χ1n) is 5.92. The van der Waals surface area contributed by atoms with E-state index in [9.17, 15) is 0 Å². The number of benzene rings is 1. The average molecular weight is 214 g/mol. The van der Waals surface area contributed by atoms with Crippen LogP contribution in [0, 0.1) is 0 Å². The predicted octanol–water partition coefficient (Wildman–Crippen LogP) is 3.33. The van der Waals surface area contributed by atoms with Crippen LogP contribution in [-0.4, -0.2) is 4.98 Å². The summed E-state index contributed by atoms with van der Waals surface area (Å²) in [5, 5.41) is 1.09. The zero-order valence-electron chi connectivity index (χ0n) is 9.96. The predicted molar refractivity (Wildman–Crippen MR) is 69.5 cm³/mol. The molecule has 2 heteroatoms. The van der Waals surface area contributed by atoms with E-state index in [0.717, 1.165) is 41.5 Å². The highest BCUT2D eigenvalue weighted by atomic mass is 14.7. The van der Waals surface area contributed by atoms with E-state index < -0.39 is 0 Å². The molecular formula is C14H18N2. The maximum atomic E-state index is 6.06. The van der Waals surface area contributed by atoms with Crippen molar-refractivity contribution in [2.24, 2.45) is 0 Å². The SMILES string of the molecule is CCCc1ccc2nc(CC)cc(N)c2c1. The molecule has 0 unspecified atom stereocenters. The van der Waals surface area contributed by atoms with Crippen LogP contribution in [0.25, 0.3) is 10.9 Å². The van der Waals surface area contributed by atoms with Gasteiger partial charge in [-0.2, -0.15) is 0 Å². The molecule has 0 atom stereocenters. The summed E-state index contributed by atoms with van der Waals surface area (Å²) in [7, 11) is 0. The van der Waals surface area contributed by atoms with Gasteiger partial charge in [-0.25, -0.2) is 0 Å². The topological polar surface area (TPSA) is 38.9 Å². The minimum atomic E-state index is 0.847. The van der Waals surface area contributed by atoms with Crippen LogP contribution in [0.5, 0.6) is 0 Å². The van der Waals surface area contributed by atoms with E-state index in [2.05, 4.69) is 37.0 Å². The van der Waals surface area contributed by atoms with Crippen LogP contribution in [-0.2, 0) is 12.8 Å². The molecule has 0 spiro atoms. The van der Waals surface area contributed by atoms with Gasteiger partial charge in [-0.15, -0.1) is 0 Å². The standard InChI is InChI=1S/C14H18N2/c1-3-5-10-6-7-14-12(8-10)13(15)9-11(4-2)16-14/h6-9H,3-5H2,1-2H3,(H2,15,16). The highest BCUT2D eigenvalue weighted by molar-refractivity contribution is 5.90. The van der Waals surface area contributed by atoms with Gasteiger partial charge >= 0.3 is 0 Å². The van der Waals surface area contributed by atoms with Gasteiger partial charge in [0.15, 0.2) is 0 Å². The van der Waals surface area contributed by atoms with Crippen LogP contribution >= 0.6 is 0 Å². The molecule has 1 aromatic carbocycles. The number of aromatic nitrogens is 1. The second-order valence-corrected chi connectivity index (χ2v) is 4.16. The Labute approximate surface area is 96.5 Å². The fourth-order valence-corrected chi connectivity index (χ4v) is 1.98. The number of hydrogen-bond acceptors (Lipinski definition) is 2. The Morgan fingerprint density at radius 2 is 2.00 bits per heavy atom. The van der Waals surface area contributed by atoms with Gasteiger partial charge in [-0.05, 0) is 36.6 Å². The Balaban J connectivity index is 2.56. The molecule has 0 aliphatic rings. The lowest BCUT2D eigenvalue weighted by atomic mass is 10.1. The zero-order chi connectivity index (χ0) is 11.5. The summed E-state index contributed by atoms with van der Waals surface area (Å²) in [6.07, 6.45) is 3.19. The molecule has 0 saturated carbocycles. The first-order valence-corrected chi connectivity index (χ1v) is 5.92.